The summed E-state index contributed by atoms with van der Waals surface area (Å²) in [6.07, 6.45) is 2.60. The third-order valence-corrected chi connectivity index (χ3v) is 5.56. The maximum Gasteiger partial charge on any atom is 0.0485 e. The van der Waals surface area contributed by atoms with Crippen LogP contribution in [0.2, 0.25) is 0 Å². The zero-order chi connectivity index (χ0) is 15.1. The van der Waals surface area contributed by atoms with Gasteiger partial charge in [-0.3, -0.25) is 0 Å². The van der Waals surface area contributed by atoms with Crippen LogP contribution >= 0.6 is 0 Å². The van der Waals surface area contributed by atoms with E-state index in [1.54, 1.807) is 0 Å². The summed E-state index contributed by atoms with van der Waals surface area (Å²) < 4.78 is 2.34. The van der Waals surface area contributed by atoms with E-state index in [4.69, 9.17) is 0 Å². The normalized spacial score (nSPS) is 18.0. The van der Waals surface area contributed by atoms with E-state index in [0.29, 0.717) is 6.04 Å². The molecule has 0 atom stereocenters. The van der Waals surface area contributed by atoms with Crippen LogP contribution in [-0.2, 0) is 7.05 Å². The molecule has 1 saturated heterocycles. The molecule has 0 bridgehead atoms. The molecular formula is C19H28N2. The number of nitrogens with zero attached hydrogens (tertiary/aromatic N) is 2. The molecule has 0 radical (unpaired) electrons. The van der Waals surface area contributed by atoms with E-state index in [0.717, 1.165) is 5.92 Å². The van der Waals surface area contributed by atoms with E-state index in [9.17, 15) is 0 Å². The van der Waals surface area contributed by atoms with Crippen molar-refractivity contribution in [3.05, 3.63) is 35.0 Å². The smallest absolute Gasteiger partial charge is 0.0485 e. The van der Waals surface area contributed by atoms with Crippen molar-refractivity contribution in [2.75, 3.05) is 13.1 Å². The lowest BCUT2D eigenvalue weighted by molar-refractivity contribution is 0.172. The van der Waals surface area contributed by atoms with Gasteiger partial charge in [0.15, 0.2) is 0 Å². The Kier molecular flexibility index (Phi) is 3.83. The minimum atomic E-state index is 0.687. The molecule has 0 unspecified atom stereocenters. The molecule has 1 aliphatic heterocycles. The van der Waals surface area contributed by atoms with E-state index in [1.165, 1.54) is 53.7 Å². The maximum atomic E-state index is 2.60. The molecule has 2 heterocycles. The van der Waals surface area contributed by atoms with Crippen LogP contribution in [0.15, 0.2) is 18.2 Å². The Balaban J connectivity index is 1.87. The SMILES string of the molecule is Cc1c(C)n(C)c2cc(C3CCN(C(C)C)CC3)ccc12. The van der Waals surface area contributed by atoms with Gasteiger partial charge in [0.2, 0.25) is 0 Å². The summed E-state index contributed by atoms with van der Waals surface area (Å²) in [5, 5.41) is 1.42. The van der Waals surface area contributed by atoms with Gasteiger partial charge in [0.1, 0.15) is 0 Å². The van der Waals surface area contributed by atoms with Crippen LogP contribution in [0.25, 0.3) is 10.9 Å². The third kappa shape index (κ3) is 2.50. The fourth-order valence-corrected chi connectivity index (χ4v) is 3.77. The number of piperidine rings is 1. The Morgan fingerprint density at radius 2 is 1.76 bits per heavy atom. The summed E-state index contributed by atoms with van der Waals surface area (Å²) in [4.78, 5) is 2.60. The van der Waals surface area contributed by atoms with Crippen LogP contribution in [-0.4, -0.2) is 28.6 Å². The zero-order valence-electron chi connectivity index (χ0n) is 14.1. The van der Waals surface area contributed by atoms with Gasteiger partial charge in [-0.25, -0.2) is 0 Å². The third-order valence-electron chi connectivity index (χ3n) is 5.56. The summed E-state index contributed by atoms with van der Waals surface area (Å²) in [7, 11) is 2.19. The van der Waals surface area contributed by atoms with Crippen LogP contribution < -0.4 is 0 Å². The minimum Gasteiger partial charge on any atom is -0.348 e. The van der Waals surface area contributed by atoms with Gasteiger partial charge in [-0.2, -0.15) is 0 Å². The second kappa shape index (κ2) is 5.49. The predicted octanol–water partition coefficient (Wildman–Crippen LogP) is 4.38. The molecule has 21 heavy (non-hydrogen) atoms. The molecule has 0 N–H and O–H groups in total. The molecule has 1 fully saturated rings. The van der Waals surface area contributed by atoms with Crippen LogP contribution in [0.5, 0.6) is 0 Å². The Hall–Kier alpha value is -1.28. The molecule has 0 amide bonds. The lowest BCUT2D eigenvalue weighted by Crippen LogP contribution is -2.37. The number of fused-ring (bicyclic) bond motifs is 1. The average molecular weight is 284 g/mol. The molecule has 1 aromatic heterocycles. The highest BCUT2D eigenvalue weighted by Gasteiger charge is 2.22. The van der Waals surface area contributed by atoms with Crippen molar-refractivity contribution in [1.29, 1.82) is 0 Å². The largest absolute Gasteiger partial charge is 0.348 e. The van der Waals surface area contributed by atoms with E-state index >= 15 is 0 Å². The van der Waals surface area contributed by atoms with Gasteiger partial charge >= 0.3 is 0 Å². The van der Waals surface area contributed by atoms with Crippen LogP contribution in [0, 0.1) is 13.8 Å². The van der Waals surface area contributed by atoms with Crippen molar-refractivity contribution in [3.63, 3.8) is 0 Å². The monoisotopic (exact) mass is 284 g/mol. The summed E-state index contributed by atoms with van der Waals surface area (Å²) in [6, 6.07) is 7.82. The Bertz CT molecular complexity index is 643. The first kappa shape index (κ1) is 14.6. The van der Waals surface area contributed by atoms with Crippen molar-refractivity contribution in [2.24, 2.45) is 7.05 Å². The molecule has 3 rings (SSSR count). The van der Waals surface area contributed by atoms with E-state index < -0.39 is 0 Å². The minimum absolute atomic E-state index is 0.687. The van der Waals surface area contributed by atoms with Gasteiger partial charge in [0, 0.05) is 29.7 Å². The van der Waals surface area contributed by atoms with Crippen molar-refractivity contribution in [3.8, 4) is 0 Å². The Morgan fingerprint density at radius 1 is 1.10 bits per heavy atom. The molecule has 0 spiro atoms. The standard InChI is InChI=1S/C19H28N2/c1-13(2)21-10-8-16(9-11-21)17-6-7-18-14(3)15(4)20(5)19(18)12-17/h6-7,12-13,16H,8-11H2,1-5H3. The van der Waals surface area contributed by atoms with E-state index in [1.807, 2.05) is 0 Å². The van der Waals surface area contributed by atoms with Crippen LogP contribution in [0.1, 0.15) is 49.4 Å². The number of likely N-dealkylation sites (tertiary alicyclic amines) is 1. The van der Waals surface area contributed by atoms with Crippen molar-refractivity contribution in [1.82, 2.24) is 9.47 Å². The first-order valence-electron chi connectivity index (χ1n) is 8.28. The Labute approximate surface area is 128 Å². The van der Waals surface area contributed by atoms with Crippen molar-refractivity contribution >= 4 is 10.9 Å². The molecule has 2 nitrogen and oxygen atoms in total. The summed E-state index contributed by atoms with van der Waals surface area (Å²) >= 11 is 0. The van der Waals surface area contributed by atoms with Crippen LogP contribution in [0.4, 0.5) is 0 Å². The first-order chi connectivity index (χ1) is 9.99. The van der Waals surface area contributed by atoms with Gasteiger partial charge in [0.25, 0.3) is 0 Å². The number of hydrogen-bond acceptors (Lipinski definition) is 1. The van der Waals surface area contributed by atoms with Gasteiger partial charge in [-0.1, -0.05) is 12.1 Å². The summed E-state index contributed by atoms with van der Waals surface area (Å²) in [5.41, 5.74) is 5.74. The number of hydrogen-bond donors (Lipinski definition) is 0. The quantitative estimate of drug-likeness (QED) is 0.794. The Morgan fingerprint density at radius 3 is 2.38 bits per heavy atom. The molecule has 2 heteroatoms. The fraction of sp³-hybridized carbons (Fsp3) is 0.579. The predicted molar refractivity (Wildman–Crippen MR) is 91.1 cm³/mol. The summed E-state index contributed by atoms with van der Waals surface area (Å²) in [5.74, 6) is 0.736. The molecule has 1 aliphatic rings. The lowest BCUT2D eigenvalue weighted by atomic mass is 9.88. The topological polar surface area (TPSA) is 8.17 Å². The van der Waals surface area contributed by atoms with Crippen molar-refractivity contribution < 1.29 is 0 Å². The summed E-state index contributed by atoms with van der Waals surface area (Å²) in [6.45, 7) is 11.6. The molecule has 114 valence electrons. The number of aryl methyl sites for hydroxylation is 2. The van der Waals surface area contributed by atoms with Crippen LogP contribution in [0.3, 0.4) is 0 Å². The first-order valence-corrected chi connectivity index (χ1v) is 8.28. The maximum absolute atomic E-state index is 2.60. The molecule has 0 aliphatic carbocycles. The number of benzene rings is 1. The van der Waals surface area contributed by atoms with Gasteiger partial charge in [-0.05, 0) is 76.7 Å². The average Bonchev–Trinajstić information content (AvgIpc) is 2.72. The highest BCUT2D eigenvalue weighted by molar-refractivity contribution is 5.85. The molecule has 0 saturated carbocycles. The van der Waals surface area contributed by atoms with Gasteiger partial charge in [0.05, 0.1) is 0 Å². The van der Waals surface area contributed by atoms with Gasteiger partial charge < -0.3 is 9.47 Å². The number of rotatable bonds is 2. The van der Waals surface area contributed by atoms with Gasteiger partial charge in [-0.15, -0.1) is 0 Å². The fourth-order valence-electron chi connectivity index (χ4n) is 3.77. The number of aromatic nitrogens is 1. The highest BCUT2D eigenvalue weighted by Crippen LogP contribution is 2.32. The van der Waals surface area contributed by atoms with E-state index in [2.05, 4.69) is 62.4 Å². The molecule has 1 aromatic carbocycles. The second-order valence-electron chi connectivity index (χ2n) is 6.95. The highest BCUT2D eigenvalue weighted by atomic mass is 15.1. The van der Waals surface area contributed by atoms with E-state index in [-0.39, 0.29) is 0 Å². The molecular weight excluding hydrogens is 256 g/mol. The molecule has 2 aromatic rings. The van der Waals surface area contributed by atoms with Crippen molar-refractivity contribution in [2.45, 2.75) is 52.5 Å². The lowest BCUT2D eigenvalue weighted by Gasteiger charge is -2.34. The zero-order valence-corrected chi connectivity index (χ0v) is 14.1. The second-order valence-corrected chi connectivity index (χ2v) is 6.95.